The highest BCUT2D eigenvalue weighted by Crippen LogP contribution is 2.32. The topological polar surface area (TPSA) is 43.8 Å². The number of carboxylic acids is 1. The second-order valence-electron chi connectivity index (χ2n) is 6.94. The standard InChI is InChI=1S/C21H26N2O2/c1-16-14-23(17(2)13-22(16)15-20(24)25)21(18-9-5-3-6-10-18)19-11-7-4-8-12-19/h3-12,16-17,21H,13-15H2,1-2H3,(H,24,25). The van der Waals surface area contributed by atoms with Crippen molar-refractivity contribution in [1.29, 1.82) is 0 Å². The maximum absolute atomic E-state index is 11.1. The summed E-state index contributed by atoms with van der Waals surface area (Å²) >= 11 is 0. The smallest absolute Gasteiger partial charge is 0.317 e. The molecule has 0 aromatic heterocycles. The fourth-order valence-electron chi connectivity index (χ4n) is 3.82. The Morgan fingerprint density at radius 1 is 0.960 bits per heavy atom. The lowest BCUT2D eigenvalue weighted by atomic mass is 9.93. The number of benzene rings is 2. The number of carbonyl (C=O) groups is 1. The zero-order valence-corrected chi connectivity index (χ0v) is 14.9. The second-order valence-corrected chi connectivity index (χ2v) is 6.94. The highest BCUT2D eigenvalue weighted by Gasteiger charge is 2.35. The van der Waals surface area contributed by atoms with Crippen LogP contribution in [0, 0.1) is 0 Å². The predicted octanol–water partition coefficient (Wildman–Crippen LogP) is 3.26. The molecule has 0 bridgehead atoms. The summed E-state index contributed by atoms with van der Waals surface area (Å²) in [4.78, 5) is 15.7. The molecule has 1 N–H and O–H groups in total. The predicted molar refractivity (Wildman–Crippen MR) is 99.6 cm³/mol. The van der Waals surface area contributed by atoms with Gasteiger partial charge in [-0.25, -0.2) is 0 Å². The Labute approximate surface area is 149 Å². The fourth-order valence-corrected chi connectivity index (χ4v) is 3.82. The minimum atomic E-state index is -0.754. The molecule has 132 valence electrons. The van der Waals surface area contributed by atoms with Crippen molar-refractivity contribution in [3.63, 3.8) is 0 Å². The molecule has 3 rings (SSSR count). The lowest BCUT2D eigenvalue weighted by molar-refractivity contribution is -0.140. The van der Waals surface area contributed by atoms with Crippen molar-refractivity contribution in [3.8, 4) is 0 Å². The first-order valence-corrected chi connectivity index (χ1v) is 8.87. The zero-order chi connectivity index (χ0) is 17.8. The molecule has 1 heterocycles. The molecule has 0 aliphatic carbocycles. The second kappa shape index (κ2) is 7.81. The molecule has 0 spiro atoms. The van der Waals surface area contributed by atoms with Crippen molar-refractivity contribution in [2.75, 3.05) is 19.6 Å². The average Bonchev–Trinajstić information content (AvgIpc) is 2.61. The molecule has 0 saturated carbocycles. The van der Waals surface area contributed by atoms with Crippen LogP contribution in [0.25, 0.3) is 0 Å². The van der Waals surface area contributed by atoms with Gasteiger partial charge in [0.25, 0.3) is 0 Å². The van der Waals surface area contributed by atoms with E-state index in [1.54, 1.807) is 0 Å². The van der Waals surface area contributed by atoms with Gasteiger partial charge in [-0.05, 0) is 25.0 Å². The molecular formula is C21H26N2O2. The molecule has 1 aliphatic heterocycles. The number of aliphatic carboxylic acids is 1. The molecule has 0 amide bonds. The van der Waals surface area contributed by atoms with Gasteiger partial charge >= 0.3 is 5.97 Å². The molecule has 1 fully saturated rings. The van der Waals surface area contributed by atoms with E-state index in [2.05, 4.69) is 72.2 Å². The highest BCUT2D eigenvalue weighted by atomic mass is 16.4. The molecule has 1 saturated heterocycles. The largest absolute Gasteiger partial charge is 0.480 e. The van der Waals surface area contributed by atoms with Gasteiger partial charge in [0.05, 0.1) is 12.6 Å². The third kappa shape index (κ3) is 4.09. The lowest BCUT2D eigenvalue weighted by Gasteiger charge is -2.47. The van der Waals surface area contributed by atoms with Crippen LogP contribution in [0.3, 0.4) is 0 Å². The minimum Gasteiger partial charge on any atom is -0.480 e. The van der Waals surface area contributed by atoms with Crippen LogP contribution in [0.2, 0.25) is 0 Å². The van der Waals surface area contributed by atoms with Crippen molar-refractivity contribution >= 4 is 5.97 Å². The number of rotatable bonds is 5. The van der Waals surface area contributed by atoms with Crippen LogP contribution < -0.4 is 0 Å². The van der Waals surface area contributed by atoms with Gasteiger partial charge in [0.15, 0.2) is 0 Å². The van der Waals surface area contributed by atoms with Gasteiger partial charge in [0, 0.05) is 25.2 Å². The normalized spacial score (nSPS) is 22.2. The molecule has 2 aromatic rings. The van der Waals surface area contributed by atoms with Crippen LogP contribution >= 0.6 is 0 Å². The van der Waals surface area contributed by atoms with Gasteiger partial charge in [-0.2, -0.15) is 0 Å². The van der Waals surface area contributed by atoms with Crippen molar-refractivity contribution in [2.24, 2.45) is 0 Å². The monoisotopic (exact) mass is 338 g/mol. The van der Waals surface area contributed by atoms with Gasteiger partial charge in [0.2, 0.25) is 0 Å². The summed E-state index contributed by atoms with van der Waals surface area (Å²) in [5, 5.41) is 9.15. The van der Waals surface area contributed by atoms with E-state index in [1.807, 2.05) is 12.1 Å². The Kier molecular flexibility index (Phi) is 5.51. The van der Waals surface area contributed by atoms with E-state index in [4.69, 9.17) is 5.11 Å². The quantitative estimate of drug-likeness (QED) is 0.909. The SMILES string of the molecule is CC1CN(C(c2ccccc2)c2ccccc2)C(C)CN1CC(=O)O. The van der Waals surface area contributed by atoms with Crippen LogP contribution in [-0.4, -0.2) is 52.6 Å². The number of piperazine rings is 1. The van der Waals surface area contributed by atoms with Gasteiger partial charge in [-0.15, -0.1) is 0 Å². The fraction of sp³-hybridized carbons (Fsp3) is 0.381. The summed E-state index contributed by atoms with van der Waals surface area (Å²) in [6.45, 7) is 6.04. The van der Waals surface area contributed by atoms with E-state index in [-0.39, 0.29) is 24.7 Å². The van der Waals surface area contributed by atoms with Gasteiger partial charge < -0.3 is 5.11 Å². The van der Waals surface area contributed by atoms with Crippen LogP contribution in [0.1, 0.15) is 31.0 Å². The summed E-state index contributed by atoms with van der Waals surface area (Å²) in [6, 6.07) is 21.8. The summed E-state index contributed by atoms with van der Waals surface area (Å²) in [7, 11) is 0. The van der Waals surface area contributed by atoms with Gasteiger partial charge in [0.1, 0.15) is 0 Å². The van der Waals surface area contributed by atoms with E-state index >= 15 is 0 Å². The van der Waals surface area contributed by atoms with Crippen molar-refractivity contribution in [1.82, 2.24) is 9.80 Å². The molecule has 2 aromatic carbocycles. The Bertz CT molecular complexity index is 650. The van der Waals surface area contributed by atoms with Crippen LogP contribution in [0.15, 0.2) is 60.7 Å². The zero-order valence-electron chi connectivity index (χ0n) is 14.9. The average molecular weight is 338 g/mol. The van der Waals surface area contributed by atoms with E-state index in [0.717, 1.165) is 13.1 Å². The van der Waals surface area contributed by atoms with E-state index in [1.165, 1.54) is 11.1 Å². The first-order chi connectivity index (χ1) is 12.1. The van der Waals surface area contributed by atoms with E-state index in [0.29, 0.717) is 0 Å². The van der Waals surface area contributed by atoms with Crippen LogP contribution in [-0.2, 0) is 4.79 Å². The first-order valence-electron chi connectivity index (χ1n) is 8.87. The molecule has 4 heteroatoms. The molecule has 4 nitrogen and oxygen atoms in total. The van der Waals surface area contributed by atoms with Crippen molar-refractivity contribution in [2.45, 2.75) is 32.0 Å². The lowest BCUT2D eigenvalue weighted by Crippen LogP contribution is -2.58. The van der Waals surface area contributed by atoms with Crippen molar-refractivity contribution in [3.05, 3.63) is 71.8 Å². The Hall–Kier alpha value is -2.17. The molecular weight excluding hydrogens is 312 g/mol. The number of carboxylic acid groups (broad SMARTS) is 1. The van der Waals surface area contributed by atoms with E-state index in [9.17, 15) is 4.79 Å². The Morgan fingerprint density at radius 3 is 1.96 bits per heavy atom. The third-order valence-electron chi connectivity index (χ3n) is 5.06. The highest BCUT2D eigenvalue weighted by molar-refractivity contribution is 5.69. The summed E-state index contributed by atoms with van der Waals surface area (Å²) < 4.78 is 0. The van der Waals surface area contributed by atoms with Gasteiger partial charge in [-0.1, -0.05) is 60.7 Å². The minimum absolute atomic E-state index is 0.112. The molecule has 25 heavy (non-hydrogen) atoms. The Morgan fingerprint density at radius 2 is 1.48 bits per heavy atom. The maximum atomic E-state index is 11.1. The van der Waals surface area contributed by atoms with Crippen LogP contribution in [0.4, 0.5) is 0 Å². The number of hydrogen-bond acceptors (Lipinski definition) is 3. The van der Waals surface area contributed by atoms with Crippen molar-refractivity contribution < 1.29 is 9.90 Å². The summed E-state index contributed by atoms with van der Waals surface area (Å²) in [5.74, 6) is -0.754. The van der Waals surface area contributed by atoms with Gasteiger partial charge in [-0.3, -0.25) is 14.6 Å². The molecule has 2 atom stereocenters. The number of nitrogens with zero attached hydrogens (tertiary/aromatic N) is 2. The number of hydrogen-bond donors (Lipinski definition) is 1. The third-order valence-corrected chi connectivity index (χ3v) is 5.06. The first kappa shape index (κ1) is 17.6. The maximum Gasteiger partial charge on any atom is 0.317 e. The summed E-state index contributed by atoms with van der Waals surface area (Å²) in [6.07, 6.45) is 0. The van der Waals surface area contributed by atoms with Crippen LogP contribution in [0.5, 0.6) is 0 Å². The molecule has 0 radical (unpaired) electrons. The molecule has 2 unspecified atom stereocenters. The molecule has 1 aliphatic rings. The Balaban J connectivity index is 1.91. The van der Waals surface area contributed by atoms with E-state index < -0.39 is 5.97 Å². The summed E-state index contributed by atoms with van der Waals surface area (Å²) in [5.41, 5.74) is 2.55.